The van der Waals surface area contributed by atoms with Crippen LogP contribution in [0.2, 0.25) is 0 Å². The van der Waals surface area contributed by atoms with Crippen LogP contribution < -0.4 is 9.47 Å². The molecule has 3 rings (SSSR count). The summed E-state index contributed by atoms with van der Waals surface area (Å²) in [6.45, 7) is 4.92. The largest absolute Gasteiger partial charge is 0.494 e. The van der Waals surface area contributed by atoms with E-state index in [2.05, 4.69) is 16.9 Å². The van der Waals surface area contributed by atoms with Gasteiger partial charge in [0.1, 0.15) is 11.5 Å². The highest BCUT2D eigenvalue weighted by atomic mass is 32.1. The molecule has 0 amide bonds. The third-order valence-electron chi connectivity index (χ3n) is 4.88. The summed E-state index contributed by atoms with van der Waals surface area (Å²) in [7, 11) is 0. The van der Waals surface area contributed by atoms with Crippen molar-refractivity contribution in [3.05, 3.63) is 70.7 Å². The van der Waals surface area contributed by atoms with Gasteiger partial charge >= 0.3 is 5.97 Å². The molecule has 0 fully saturated rings. The number of thiazole rings is 1. The van der Waals surface area contributed by atoms with Crippen LogP contribution in [0, 0.1) is 6.92 Å². The van der Waals surface area contributed by atoms with Crippen LogP contribution in [-0.2, 0) is 0 Å². The Hall–Kier alpha value is -2.99. The zero-order valence-electron chi connectivity index (χ0n) is 18.8. The third-order valence-corrected chi connectivity index (χ3v) is 5.70. The summed E-state index contributed by atoms with van der Waals surface area (Å²) in [5.74, 6) is 0.863. The van der Waals surface area contributed by atoms with Gasteiger partial charge in [0.25, 0.3) is 0 Å². The van der Waals surface area contributed by atoms with Gasteiger partial charge in [-0.1, -0.05) is 39.0 Å². The van der Waals surface area contributed by atoms with Crippen LogP contribution in [-0.4, -0.2) is 23.8 Å². The second-order valence-corrected chi connectivity index (χ2v) is 8.82. The molecule has 1 heterocycles. The highest BCUT2D eigenvalue weighted by Crippen LogP contribution is 2.20. The number of aryl methyl sites for hydroxylation is 1. The molecule has 0 atom stereocenters. The Kier molecular flexibility index (Phi) is 9.44. The van der Waals surface area contributed by atoms with Crippen LogP contribution in [0.25, 0.3) is 0 Å². The topological polar surface area (TPSA) is 60.8 Å². The van der Waals surface area contributed by atoms with Gasteiger partial charge in [-0.05, 0) is 67.4 Å². The molecule has 0 aliphatic rings. The maximum atomic E-state index is 12.4. The fraction of sp³-hybridized carbons (Fsp3) is 0.346. The lowest BCUT2D eigenvalue weighted by molar-refractivity contribution is 0.0734. The minimum absolute atomic E-state index is 0.396. The minimum Gasteiger partial charge on any atom is -0.494 e. The molecule has 0 aliphatic heterocycles. The second kappa shape index (κ2) is 12.8. The number of aliphatic imine (C=N–C) groups is 1. The molecule has 6 heteroatoms. The van der Waals surface area contributed by atoms with Crippen LogP contribution in [0.5, 0.6) is 11.5 Å². The first-order valence-corrected chi connectivity index (χ1v) is 12.0. The summed E-state index contributed by atoms with van der Waals surface area (Å²) >= 11 is 1.54. The number of benzene rings is 2. The molecule has 0 aliphatic carbocycles. The molecular formula is C26H30N2O3S. The molecule has 0 N–H and O–H groups in total. The number of carbonyl (C=O) groups excluding carboxylic acids is 1. The van der Waals surface area contributed by atoms with Crippen molar-refractivity contribution in [2.24, 2.45) is 4.99 Å². The van der Waals surface area contributed by atoms with E-state index in [1.54, 1.807) is 36.7 Å². The first-order valence-electron chi connectivity index (χ1n) is 11.2. The van der Waals surface area contributed by atoms with Crippen LogP contribution in [0.3, 0.4) is 0 Å². The van der Waals surface area contributed by atoms with Gasteiger partial charge in [-0.15, -0.1) is 11.3 Å². The molecule has 0 spiro atoms. The van der Waals surface area contributed by atoms with Crippen molar-refractivity contribution in [1.82, 2.24) is 4.98 Å². The molecular weight excluding hydrogens is 420 g/mol. The van der Waals surface area contributed by atoms with Crippen molar-refractivity contribution in [2.45, 2.75) is 52.4 Å². The predicted octanol–water partition coefficient (Wildman–Crippen LogP) is 7.16. The van der Waals surface area contributed by atoms with Crippen molar-refractivity contribution in [3.63, 3.8) is 0 Å². The SMILES string of the molecule is CCCCCCCCOc1ccc(C(=O)Oc2ccc(/C=N/c3ncc(C)s3)cc2)cc1. The average molecular weight is 451 g/mol. The Bertz CT molecular complexity index is 995. The normalized spacial score (nSPS) is 11.1. The summed E-state index contributed by atoms with van der Waals surface area (Å²) in [6.07, 6.45) is 10.9. The Morgan fingerprint density at radius 2 is 1.66 bits per heavy atom. The molecule has 1 aromatic heterocycles. The van der Waals surface area contributed by atoms with Gasteiger partial charge in [0, 0.05) is 17.3 Å². The van der Waals surface area contributed by atoms with Crippen molar-refractivity contribution in [1.29, 1.82) is 0 Å². The van der Waals surface area contributed by atoms with E-state index in [1.807, 2.05) is 31.2 Å². The molecule has 0 saturated carbocycles. The number of rotatable bonds is 12. The third kappa shape index (κ3) is 7.93. The van der Waals surface area contributed by atoms with Crippen molar-refractivity contribution in [3.8, 4) is 11.5 Å². The number of aromatic nitrogens is 1. The first kappa shape index (κ1) is 23.7. The molecule has 5 nitrogen and oxygen atoms in total. The summed E-state index contributed by atoms with van der Waals surface area (Å²) in [6, 6.07) is 14.3. The van der Waals surface area contributed by atoms with Gasteiger partial charge < -0.3 is 9.47 Å². The van der Waals surface area contributed by atoms with E-state index in [9.17, 15) is 4.79 Å². The summed E-state index contributed by atoms with van der Waals surface area (Å²) < 4.78 is 11.2. The van der Waals surface area contributed by atoms with Crippen LogP contribution in [0.4, 0.5) is 5.13 Å². The minimum atomic E-state index is -0.396. The van der Waals surface area contributed by atoms with Crippen molar-refractivity contribution >= 4 is 28.7 Å². The van der Waals surface area contributed by atoms with Gasteiger partial charge in [0.15, 0.2) is 0 Å². The average Bonchev–Trinajstić information content (AvgIpc) is 3.23. The highest BCUT2D eigenvalue weighted by Gasteiger charge is 2.09. The van der Waals surface area contributed by atoms with E-state index in [1.165, 1.54) is 43.4 Å². The monoisotopic (exact) mass is 450 g/mol. The molecule has 0 radical (unpaired) electrons. The maximum Gasteiger partial charge on any atom is 0.343 e. The highest BCUT2D eigenvalue weighted by molar-refractivity contribution is 7.15. The van der Waals surface area contributed by atoms with Gasteiger partial charge in [0.05, 0.1) is 12.2 Å². The van der Waals surface area contributed by atoms with Crippen LogP contribution >= 0.6 is 11.3 Å². The zero-order valence-corrected chi connectivity index (χ0v) is 19.6. The quantitative estimate of drug-likeness (QED) is 0.127. The fourth-order valence-corrected chi connectivity index (χ4v) is 3.68. The maximum absolute atomic E-state index is 12.4. The lowest BCUT2D eigenvalue weighted by Gasteiger charge is -2.08. The molecule has 0 bridgehead atoms. The Balaban J connectivity index is 1.43. The molecule has 3 aromatic rings. The smallest absolute Gasteiger partial charge is 0.343 e. The first-order chi connectivity index (χ1) is 15.6. The zero-order chi connectivity index (χ0) is 22.6. The number of unbranched alkanes of at least 4 members (excludes halogenated alkanes) is 5. The molecule has 0 unspecified atom stereocenters. The van der Waals surface area contributed by atoms with Crippen molar-refractivity contribution < 1.29 is 14.3 Å². The number of hydrogen-bond acceptors (Lipinski definition) is 6. The molecule has 168 valence electrons. The summed E-state index contributed by atoms with van der Waals surface area (Å²) in [5, 5.41) is 0.720. The van der Waals surface area contributed by atoms with E-state index in [0.29, 0.717) is 17.9 Å². The number of hydrogen-bond donors (Lipinski definition) is 0. The lowest BCUT2D eigenvalue weighted by atomic mass is 10.1. The summed E-state index contributed by atoms with van der Waals surface area (Å²) in [5.41, 5.74) is 1.39. The molecule has 2 aromatic carbocycles. The number of nitrogens with zero attached hydrogens (tertiary/aromatic N) is 2. The number of esters is 1. The van der Waals surface area contributed by atoms with E-state index >= 15 is 0 Å². The van der Waals surface area contributed by atoms with Crippen LogP contribution in [0.15, 0.2) is 59.7 Å². The van der Waals surface area contributed by atoms with Gasteiger partial charge in [0.2, 0.25) is 5.13 Å². The predicted molar refractivity (Wildman–Crippen MR) is 131 cm³/mol. The van der Waals surface area contributed by atoms with Gasteiger partial charge in [-0.2, -0.15) is 0 Å². The number of ether oxygens (including phenoxy) is 2. The van der Waals surface area contributed by atoms with E-state index < -0.39 is 5.97 Å². The van der Waals surface area contributed by atoms with Crippen molar-refractivity contribution in [2.75, 3.05) is 6.61 Å². The Labute approximate surface area is 194 Å². The second-order valence-electron chi connectivity index (χ2n) is 7.61. The van der Waals surface area contributed by atoms with E-state index in [-0.39, 0.29) is 0 Å². The fourth-order valence-electron chi connectivity index (χ4n) is 3.08. The lowest BCUT2D eigenvalue weighted by Crippen LogP contribution is -2.08. The van der Waals surface area contributed by atoms with Crippen LogP contribution in [0.1, 0.15) is 66.2 Å². The standard InChI is InChI=1S/C26H30N2O3S/c1-3-4-5-6-7-8-17-30-23-15-11-22(12-16-23)25(29)31-24-13-9-21(10-14-24)19-28-26-27-18-20(2)32-26/h9-16,18-19H,3-8,17H2,1-2H3/b28-19+. The Morgan fingerprint density at radius 3 is 2.34 bits per heavy atom. The van der Waals surface area contributed by atoms with E-state index in [0.717, 1.165) is 27.7 Å². The molecule has 0 saturated heterocycles. The van der Waals surface area contributed by atoms with E-state index in [4.69, 9.17) is 9.47 Å². The number of carbonyl (C=O) groups is 1. The molecule has 32 heavy (non-hydrogen) atoms. The van der Waals surface area contributed by atoms with Gasteiger partial charge in [-0.25, -0.2) is 14.8 Å². The van der Waals surface area contributed by atoms with Gasteiger partial charge in [-0.3, -0.25) is 0 Å². The Morgan fingerprint density at radius 1 is 0.969 bits per heavy atom. The summed E-state index contributed by atoms with van der Waals surface area (Å²) in [4.78, 5) is 22.1.